The number of benzene rings is 4. The molecule has 0 radical (unpaired) electrons. The van der Waals surface area contributed by atoms with E-state index in [-0.39, 0.29) is 0 Å². The van der Waals surface area contributed by atoms with Gasteiger partial charge in [0.15, 0.2) is 0 Å². The summed E-state index contributed by atoms with van der Waals surface area (Å²) in [5.74, 6) is 0.327. The van der Waals surface area contributed by atoms with Crippen LogP contribution in [0.2, 0.25) is 0 Å². The van der Waals surface area contributed by atoms with Gasteiger partial charge >= 0.3 is 0 Å². The van der Waals surface area contributed by atoms with Gasteiger partial charge in [-0.15, -0.1) is 0 Å². The molecular formula is C25H20. The molecular weight excluding hydrogens is 300 g/mol. The molecule has 0 spiro atoms. The summed E-state index contributed by atoms with van der Waals surface area (Å²) >= 11 is 0. The quantitative estimate of drug-likeness (QED) is 0.345. The fourth-order valence-electron chi connectivity index (χ4n) is 4.46. The zero-order valence-electron chi connectivity index (χ0n) is 14.4. The van der Waals surface area contributed by atoms with Crippen LogP contribution in [0.15, 0.2) is 84.9 Å². The third-order valence-corrected chi connectivity index (χ3v) is 5.56. The topological polar surface area (TPSA) is 0 Å². The molecule has 0 unspecified atom stereocenters. The van der Waals surface area contributed by atoms with Gasteiger partial charge in [0.25, 0.3) is 0 Å². The summed E-state index contributed by atoms with van der Waals surface area (Å²) in [6.45, 7) is 2.26. The third-order valence-electron chi connectivity index (χ3n) is 5.56. The lowest BCUT2D eigenvalue weighted by Gasteiger charge is -2.20. The summed E-state index contributed by atoms with van der Waals surface area (Å²) in [4.78, 5) is 0. The Morgan fingerprint density at radius 2 is 1.24 bits per heavy atom. The largest absolute Gasteiger partial charge is 0.0619 e. The normalized spacial score (nSPS) is 13.0. The lowest BCUT2D eigenvalue weighted by molar-refractivity contribution is 0.978. The van der Waals surface area contributed by atoms with E-state index in [0.29, 0.717) is 5.92 Å². The van der Waals surface area contributed by atoms with E-state index in [0.717, 1.165) is 6.42 Å². The van der Waals surface area contributed by atoms with Crippen molar-refractivity contribution in [2.24, 2.45) is 0 Å². The van der Waals surface area contributed by atoms with Crippen LogP contribution in [-0.4, -0.2) is 0 Å². The van der Waals surface area contributed by atoms with Gasteiger partial charge in [0, 0.05) is 5.92 Å². The second kappa shape index (κ2) is 5.60. The van der Waals surface area contributed by atoms with E-state index in [1.807, 2.05) is 0 Å². The summed E-state index contributed by atoms with van der Waals surface area (Å²) in [5.41, 5.74) is 8.59. The lowest BCUT2D eigenvalue weighted by Crippen LogP contribution is -2.04. The van der Waals surface area contributed by atoms with E-state index in [1.165, 1.54) is 44.2 Å². The molecule has 0 aliphatic heterocycles. The Balaban J connectivity index is 1.90. The Hall–Kier alpha value is -2.86. The van der Waals surface area contributed by atoms with Crippen molar-refractivity contribution in [3.63, 3.8) is 0 Å². The van der Waals surface area contributed by atoms with Crippen LogP contribution < -0.4 is 0 Å². The SMILES string of the molecule is CCc1ccc2ccccc2c1C1c2ccccc2-c2ccccc21. The molecule has 25 heavy (non-hydrogen) atoms. The predicted octanol–water partition coefficient (Wildman–Crippen LogP) is 6.56. The first-order chi connectivity index (χ1) is 12.4. The van der Waals surface area contributed by atoms with E-state index < -0.39 is 0 Å². The van der Waals surface area contributed by atoms with Crippen molar-refractivity contribution in [1.29, 1.82) is 0 Å². The van der Waals surface area contributed by atoms with Crippen LogP contribution >= 0.6 is 0 Å². The van der Waals surface area contributed by atoms with Gasteiger partial charge in [-0.2, -0.15) is 0 Å². The Morgan fingerprint density at radius 1 is 0.640 bits per heavy atom. The molecule has 4 aromatic rings. The minimum atomic E-state index is 0.327. The van der Waals surface area contributed by atoms with Gasteiger partial charge in [-0.1, -0.05) is 91.9 Å². The molecule has 1 aliphatic carbocycles. The average molecular weight is 320 g/mol. The molecule has 0 fully saturated rings. The number of rotatable bonds is 2. The fraction of sp³-hybridized carbons (Fsp3) is 0.120. The van der Waals surface area contributed by atoms with Crippen molar-refractivity contribution < 1.29 is 0 Å². The van der Waals surface area contributed by atoms with Crippen LogP contribution in [0.25, 0.3) is 21.9 Å². The van der Waals surface area contributed by atoms with Gasteiger partial charge in [-0.25, -0.2) is 0 Å². The molecule has 0 bridgehead atoms. The molecule has 4 aromatic carbocycles. The highest BCUT2D eigenvalue weighted by molar-refractivity contribution is 5.91. The van der Waals surface area contributed by atoms with Gasteiger partial charge in [0.05, 0.1) is 0 Å². The van der Waals surface area contributed by atoms with Crippen molar-refractivity contribution in [3.8, 4) is 11.1 Å². The zero-order chi connectivity index (χ0) is 16.8. The van der Waals surface area contributed by atoms with E-state index in [9.17, 15) is 0 Å². The standard InChI is InChI=1S/C25H20/c1-2-17-15-16-18-9-3-4-10-19(18)24(17)25-22-13-7-5-11-20(22)21-12-6-8-14-23(21)25/h3-16,25H,2H2,1H3. The van der Waals surface area contributed by atoms with Gasteiger partial charge in [0.2, 0.25) is 0 Å². The number of hydrogen-bond donors (Lipinski definition) is 0. The maximum absolute atomic E-state index is 2.32. The molecule has 5 rings (SSSR count). The maximum atomic E-state index is 2.32. The first-order valence-electron chi connectivity index (χ1n) is 9.07. The second-order valence-electron chi connectivity index (χ2n) is 6.82. The number of aryl methyl sites for hydroxylation is 1. The molecule has 0 saturated heterocycles. The molecule has 0 heteroatoms. The average Bonchev–Trinajstić information content (AvgIpc) is 3.01. The highest BCUT2D eigenvalue weighted by Gasteiger charge is 2.31. The molecule has 0 amide bonds. The summed E-state index contributed by atoms with van der Waals surface area (Å²) in [6, 6.07) is 31.2. The van der Waals surface area contributed by atoms with Crippen LogP contribution in [0.5, 0.6) is 0 Å². The summed E-state index contributed by atoms with van der Waals surface area (Å²) < 4.78 is 0. The molecule has 0 aromatic heterocycles. The van der Waals surface area contributed by atoms with Crippen LogP contribution in [0.4, 0.5) is 0 Å². The summed E-state index contributed by atoms with van der Waals surface area (Å²) in [7, 11) is 0. The molecule has 0 atom stereocenters. The Bertz CT molecular complexity index is 1040. The molecule has 0 heterocycles. The van der Waals surface area contributed by atoms with Crippen molar-refractivity contribution in [1.82, 2.24) is 0 Å². The Kier molecular flexibility index (Phi) is 3.24. The van der Waals surface area contributed by atoms with E-state index >= 15 is 0 Å². The van der Waals surface area contributed by atoms with Crippen molar-refractivity contribution in [2.45, 2.75) is 19.3 Å². The summed E-state index contributed by atoms with van der Waals surface area (Å²) in [5, 5.41) is 2.72. The zero-order valence-corrected chi connectivity index (χ0v) is 14.4. The molecule has 0 saturated carbocycles. The molecule has 0 N–H and O–H groups in total. The first-order valence-corrected chi connectivity index (χ1v) is 9.07. The van der Waals surface area contributed by atoms with Crippen molar-refractivity contribution >= 4 is 10.8 Å². The number of fused-ring (bicyclic) bond motifs is 4. The van der Waals surface area contributed by atoms with Gasteiger partial charge in [-0.3, -0.25) is 0 Å². The molecule has 0 nitrogen and oxygen atoms in total. The Morgan fingerprint density at radius 3 is 1.92 bits per heavy atom. The highest BCUT2D eigenvalue weighted by atomic mass is 14.3. The summed E-state index contributed by atoms with van der Waals surface area (Å²) in [6.07, 6.45) is 1.06. The smallest absolute Gasteiger partial charge is 0.0361 e. The second-order valence-corrected chi connectivity index (χ2v) is 6.82. The van der Waals surface area contributed by atoms with Crippen LogP contribution in [-0.2, 0) is 6.42 Å². The van der Waals surface area contributed by atoms with E-state index in [4.69, 9.17) is 0 Å². The van der Waals surface area contributed by atoms with Gasteiger partial charge < -0.3 is 0 Å². The van der Waals surface area contributed by atoms with Crippen LogP contribution in [0.1, 0.15) is 35.1 Å². The minimum Gasteiger partial charge on any atom is -0.0619 e. The maximum Gasteiger partial charge on any atom is 0.0361 e. The van der Waals surface area contributed by atoms with Gasteiger partial charge in [-0.05, 0) is 50.6 Å². The number of hydrogen-bond acceptors (Lipinski definition) is 0. The first kappa shape index (κ1) is 14.5. The van der Waals surface area contributed by atoms with Crippen molar-refractivity contribution in [2.75, 3.05) is 0 Å². The highest BCUT2D eigenvalue weighted by Crippen LogP contribution is 2.50. The Labute approximate surface area is 148 Å². The molecule has 120 valence electrons. The van der Waals surface area contributed by atoms with Crippen molar-refractivity contribution in [3.05, 3.63) is 107 Å². The van der Waals surface area contributed by atoms with E-state index in [1.54, 1.807) is 0 Å². The van der Waals surface area contributed by atoms with Gasteiger partial charge in [0.1, 0.15) is 0 Å². The predicted molar refractivity (Wildman–Crippen MR) is 106 cm³/mol. The van der Waals surface area contributed by atoms with Crippen LogP contribution in [0, 0.1) is 0 Å². The monoisotopic (exact) mass is 320 g/mol. The fourth-order valence-corrected chi connectivity index (χ4v) is 4.46. The molecule has 1 aliphatic rings. The van der Waals surface area contributed by atoms with E-state index in [2.05, 4.69) is 91.9 Å². The van der Waals surface area contributed by atoms with Crippen LogP contribution in [0.3, 0.4) is 0 Å². The minimum absolute atomic E-state index is 0.327. The lowest BCUT2D eigenvalue weighted by atomic mass is 9.82. The third kappa shape index (κ3) is 2.07.